The number of nitrogens with zero attached hydrogens (tertiary/aromatic N) is 3. The fraction of sp³-hybridized carbons (Fsp3) is 0.333. The van der Waals surface area contributed by atoms with Crippen molar-refractivity contribution in [1.29, 1.82) is 0 Å². The lowest BCUT2D eigenvalue weighted by Crippen LogP contribution is -2.33. The van der Waals surface area contributed by atoms with Gasteiger partial charge in [-0.2, -0.15) is 0 Å². The number of hydrogen-bond acceptors (Lipinski definition) is 7. The number of halogens is 1. The van der Waals surface area contributed by atoms with Crippen LogP contribution in [0.3, 0.4) is 0 Å². The quantitative estimate of drug-likeness (QED) is 0.486. The maximum Gasteiger partial charge on any atom is 0.165 e. The van der Waals surface area contributed by atoms with E-state index in [4.69, 9.17) is 16.3 Å². The first-order valence-electron chi connectivity index (χ1n) is 8.52. The number of benzene rings is 1. The number of anilines is 1. The Morgan fingerprint density at radius 2 is 1.96 bits per heavy atom. The Bertz CT molecular complexity index is 936. The zero-order chi connectivity index (χ0) is 19.0. The number of aliphatic hydroxyl groups is 3. The fourth-order valence-corrected chi connectivity index (χ4v) is 3.39. The average molecular weight is 391 g/mol. The van der Waals surface area contributed by atoms with Crippen LogP contribution in [0, 0.1) is 0 Å². The molecule has 0 aliphatic carbocycles. The molecule has 27 heavy (non-hydrogen) atoms. The smallest absolute Gasteiger partial charge is 0.165 e. The van der Waals surface area contributed by atoms with Gasteiger partial charge in [0, 0.05) is 12.6 Å². The summed E-state index contributed by atoms with van der Waals surface area (Å²) in [5.41, 5.74) is 2.77. The summed E-state index contributed by atoms with van der Waals surface area (Å²) in [6, 6.07) is 11.6. The minimum Gasteiger partial charge on any atom is -0.394 e. The van der Waals surface area contributed by atoms with Crippen LogP contribution in [-0.2, 0) is 11.3 Å². The normalized spacial score (nSPS) is 25.2. The largest absolute Gasteiger partial charge is 0.394 e. The van der Waals surface area contributed by atoms with Gasteiger partial charge < -0.3 is 25.4 Å². The Hall–Kier alpha value is -2.23. The lowest BCUT2D eigenvalue weighted by molar-refractivity contribution is -0.0511. The van der Waals surface area contributed by atoms with Crippen LogP contribution in [0.2, 0.25) is 5.15 Å². The first kappa shape index (κ1) is 18.1. The van der Waals surface area contributed by atoms with Crippen molar-refractivity contribution in [2.45, 2.75) is 31.1 Å². The van der Waals surface area contributed by atoms with Gasteiger partial charge in [0.25, 0.3) is 0 Å². The molecule has 9 heteroatoms. The van der Waals surface area contributed by atoms with Crippen molar-refractivity contribution in [3.63, 3.8) is 0 Å². The van der Waals surface area contributed by atoms with Crippen LogP contribution in [0.15, 0.2) is 42.7 Å². The minimum atomic E-state index is -1.22. The minimum absolute atomic E-state index is 0.256. The SMILES string of the molecule is OC[C@H]1O[C@H](n2cnc3c(NCc4ccccc4)cc(Cl)nc32)[C@@H](O)C1O. The summed E-state index contributed by atoms with van der Waals surface area (Å²) >= 11 is 6.18. The fourth-order valence-electron chi connectivity index (χ4n) is 3.20. The van der Waals surface area contributed by atoms with E-state index in [2.05, 4.69) is 15.3 Å². The summed E-state index contributed by atoms with van der Waals surface area (Å²) in [5, 5.41) is 33.1. The molecular formula is C18H19ClN4O4. The number of imidazole rings is 1. The van der Waals surface area contributed by atoms with Crippen LogP contribution in [0.25, 0.3) is 11.2 Å². The van der Waals surface area contributed by atoms with E-state index in [0.29, 0.717) is 23.4 Å². The number of ether oxygens (including phenoxy) is 1. The molecular weight excluding hydrogens is 372 g/mol. The Morgan fingerprint density at radius 1 is 1.19 bits per heavy atom. The van der Waals surface area contributed by atoms with Gasteiger partial charge in [0.05, 0.1) is 18.6 Å². The maximum atomic E-state index is 10.3. The summed E-state index contributed by atoms with van der Waals surface area (Å²) in [4.78, 5) is 8.67. The molecule has 3 heterocycles. The first-order chi connectivity index (χ1) is 13.1. The Balaban J connectivity index is 1.66. The van der Waals surface area contributed by atoms with E-state index in [0.717, 1.165) is 5.56 Å². The molecule has 4 N–H and O–H groups in total. The third-order valence-corrected chi connectivity index (χ3v) is 4.81. The lowest BCUT2D eigenvalue weighted by atomic mass is 10.1. The standard InChI is InChI=1S/C18H19ClN4O4/c19-13-6-11(20-7-10-4-2-1-3-5-10)14-17(22-13)23(9-21-14)18-16(26)15(25)12(8-24)27-18/h1-6,9,12,15-16,18,24-26H,7-8H2,(H,20,22)/t12-,15?,16+,18+/m1/s1. The molecule has 0 saturated carbocycles. The van der Waals surface area contributed by atoms with Crippen molar-refractivity contribution >= 4 is 28.5 Å². The Morgan fingerprint density at radius 3 is 2.67 bits per heavy atom. The number of aliphatic hydroxyl groups excluding tert-OH is 3. The van der Waals surface area contributed by atoms with E-state index in [1.807, 2.05) is 30.3 Å². The first-order valence-corrected chi connectivity index (χ1v) is 8.89. The van der Waals surface area contributed by atoms with Gasteiger partial charge in [-0.25, -0.2) is 9.97 Å². The molecule has 1 saturated heterocycles. The summed E-state index contributed by atoms with van der Waals surface area (Å²) < 4.78 is 7.08. The molecule has 142 valence electrons. The highest BCUT2D eigenvalue weighted by molar-refractivity contribution is 6.30. The van der Waals surface area contributed by atoms with E-state index in [1.165, 1.54) is 10.9 Å². The number of pyridine rings is 1. The Labute approximate surface area is 160 Å². The number of hydrogen-bond donors (Lipinski definition) is 4. The van der Waals surface area contributed by atoms with Crippen molar-refractivity contribution in [1.82, 2.24) is 14.5 Å². The number of fused-ring (bicyclic) bond motifs is 1. The van der Waals surface area contributed by atoms with E-state index in [-0.39, 0.29) is 5.15 Å². The van der Waals surface area contributed by atoms with E-state index in [9.17, 15) is 15.3 Å². The van der Waals surface area contributed by atoms with Crippen LogP contribution in [0.1, 0.15) is 11.8 Å². The van der Waals surface area contributed by atoms with Gasteiger partial charge in [0.1, 0.15) is 29.0 Å². The van der Waals surface area contributed by atoms with Crippen molar-refractivity contribution in [2.24, 2.45) is 0 Å². The maximum absolute atomic E-state index is 10.3. The highest BCUT2D eigenvalue weighted by Gasteiger charge is 2.44. The van der Waals surface area contributed by atoms with Gasteiger partial charge in [-0.1, -0.05) is 41.9 Å². The van der Waals surface area contributed by atoms with Gasteiger partial charge in [0.15, 0.2) is 11.9 Å². The third-order valence-electron chi connectivity index (χ3n) is 4.62. The summed E-state index contributed by atoms with van der Waals surface area (Å²) in [6.45, 7) is 0.177. The molecule has 1 unspecified atom stereocenters. The molecule has 1 aromatic carbocycles. The zero-order valence-corrected chi connectivity index (χ0v) is 15.0. The molecule has 1 aliphatic rings. The van der Waals surface area contributed by atoms with Crippen LogP contribution in [-0.4, -0.2) is 54.8 Å². The van der Waals surface area contributed by atoms with Crippen LogP contribution >= 0.6 is 11.6 Å². The summed E-state index contributed by atoms with van der Waals surface area (Å²) in [6.07, 6.45) is -2.75. The van der Waals surface area contributed by atoms with Gasteiger partial charge >= 0.3 is 0 Å². The van der Waals surface area contributed by atoms with Crippen molar-refractivity contribution in [3.05, 3.63) is 53.4 Å². The molecule has 0 bridgehead atoms. The molecule has 1 fully saturated rings. The molecule has 8 nitrogen and oxygen atoms in total. The summed E-state index contributed by atoms with van der Waals surface area (Å²) in [7, 11) is 0. The zero-order valence-electron chi connectivity index (χ0n) is 14.2. The number of nitrogens with one attached hydrogen (secondary N) is 1. The monoisotopic (exact) mass is 390 g/mol. The topological polar surface area (TPSA) is 113 Å². The predicted molar refractivity (Wildman–Crippen MR) is 99.3 cm³/mol. The van der Waals surface area contributed by atoms with E-state index >= 15 is 0 Å². The Kier molecular flexibility index (Phi) is 4.98. The second-order valence-corrected chi connectivity index (χ2v) is 6.77. The molecule has 2 aromatic heterocycles. The van der Waals surface area contributed by atoms with Crippen molar-refractivity contribution in [3.8, 4) is 0 Å². The van der Waals surface area contributed by atoms with Gasteiger partial charge in [-0.05, 0) is 5.56 Å². The molecule has 4 rings (SSSR count). The molecule has 0 amide bonds. The lowest BCUT2D eigenvalue weighted by Gasteiger charge is -2.17. The molecule has 0 radical (unpaired) electrons. The second-order valence-electron chi connectivity index (χ2n) is 6.38. The van der Waals surface area contributed by atoms with Crippen LogP contribution in [0.4, 0.5) is 5.69 Å². The summed E-state index contributed by atoms with van der Waals surface area (Å²) in [5.74, 6) is 0. The van der Waals surface area contributed by atoms with Crippen LogP contribution in [0.5, 0.6) is 0 Å². The highest BCUT2D eigenvalue weighted by atomic mass is 35.5. The second kappa shape index (κ2) is 7.41. The average Bonchev–Trinajstić information content (AvgIpc) is 3.22. The van der Waals surface area contributed by atoms with E-state index in [1.54, 1.807) is 6.07 Å². The van der Waals surface area contributed by atoms with Gasteiger partial charge in [-0.3, -0.25) is 4.57 Å². The number of rotatable bonds is 5. The van der Waals surface area contributed by atoms with Gasteiger partial charge in [0.2, 0.25) is 0 Å². The third kappa shape index (κ3) is 3.38. The molecule has 4 atom stereocenters. The number of aromatic nitrogens is 3. The van der Waals surface area contributed by atoms with Crippen molar-refractivity contribution in [2.75, 3.05) is 11.9 Å². The molecule has 3 aromatic rings. The highest BCUT2D eigenvalue weighted by Crippen LogP contribution is 2.33. The molecule has 0 spiro atoms. The van der Waals surface area contributed by atoms with Crippen molar-refractivity contribution < 1.29 is 20.1 Å². The predicted octanol–water partition coefficient (Wildman–Crippen LogP) is 1.31. The molecule has 1 aliphatic heterocycles. The van der Waals surface area contributed by atoms with Gasteiger partial charge in [-0.15, -0.1) is 0 Å². The van der Waals surface area contributed by atoms with E-state index < -0.39 is 31.1 Å². The van der Waals surface area contributed by atoms with Crippen LogP contribution < -0.4 is 5.32 Å².